The molecule has 1 heterocycles. The third-order valence-corrected chi connectivity index (χ3v) is 3.35. The van der Waals surface area contributed by atoms with Crippen molar-refractivity contribution in [3.8, 4) is 5.75 Å². The van der Waals surface area contributed by atoms with Gasteiger partial charge in [-0.05, 0) is 18.1 Å². The number of β-amino-alcohol motifs (C(OH)–C–C–N with tert-alkyl or cyclic N) is 1. The van der Waals surface area contributed by atoms with Gasteiger partial charge in [0.1, 0.15) is 18.5 Å². The summed E-state index contributed by atoms with van der Waals surface area (Å²) in [4.78, 5) is 13.2. The number of aliphatic hydroxyl groups is 1. The molecule has 1 aliphatic heterocycles. The zero-order valence-electron chi connectivity index (χ0n) is 12.1. The van der Waals surface area contributed by atoms with E-state index < -0.39 is 6.10 Å². The highest BCUT2D eigenvalue weighted by atomic mass is 16.5. The van der Waals surface area contributed by atoms with Crippen molar-refractivity contribution in [1.29, 1.82) is 0 Å². The maximum atomic E-state index is 11.3. The van der Waals surface area contributed by atoms with Crippen molar-refractivity contribution in [1.82, 2.24) is 10.2 Å². The molecule has 1 aliphatic rings. The number of hydrogen-bond donors (Lipinski definition) is 2. The molecule has 1 amide bonds. The predicted molar refractivity (Wildman–Crippen MR) is 81.3 cm³/mol. The number of benzene rings is 1. The first-order valence-corrected chi connectivity index (χ1v) is 7.17. The van der Waals surface area contributed by atoms with Gasteiger partial charge in [0.25, 0.3) is 0 Å². The molecule has 1 aromatic rings. The van der Waals surface area contributed by atoms with Crippen molar-refractivity contribution < 1.29 is 14.6 Å². The molecule has 1 aromatic carbocycles. The second kappa shape index (κ2) is 7.81. The van der Waals surface area contributed by atoms with E-state index in [0.717, 1.165) is 24.3 Å². The molecule has 1 fully saturated rings. The van der Waals surface area contributed by atoms with Crippen LogP contribution in [0, 0.1) is 0 Å². The fraction of sp³-hybridized carbons (Fsp3) is 0.438. The zero-order valence-corrected chi connectivity index (χ0v) is 12.1. The Morgan fingerprint density at radius 1 is 1.48 bits per heavy atom. The molecule has 0 unspecified atom stereocenters. The van der Waals surface area contributed by atoms with Crippen LogP contribution in [0.5, 0.6) is 5.75 Å². The number of hydrogen-bond acceptors (Lipinski definition) is 4. The fourth-order valence-corrected chi connectivity index (χ4v) is 2.35. The van der Waals surface area contributed by atoms with Crippen molar-refractivity contribution in [3.05, 3.63) is 42.5 Å². The number of ether oxygens (including phenoxy) is 1. The summed E-state index contributed by atoms with van der Waals surface area (Å²) in [5.41, 5.74) is 1.05. The van der Waals surface area contributed by atoms with Crippen LogP contribution in [0.1, 0.15) is 5.56 Å². The van der Waals surface area contributed by atoms with Crippen molar-refractivity contribution in [2.75, 3.05) is 32.8 Å². The summed E-state index contributed by atoms with van der Waals surface area (Å²) in [6.07, 6.45) is 1.94. The standard InChI is InChI=1S/C16H22N2O3/c1-2-5-13-6-3-4-7-15(13)21-12-14(19)10-18-9-8-17-16(20)11-18/h2-4,6-7,14,19H,1,5,8-12H2,(H,17,20)/t14-/m1/s1. The Bertz CT molecular complexity index is 490. The van der Waals surface area contributed by atoms with E-state index in [9.17, 15) is 9.90 Å². The lowest BCUT2D eigenvalue weighted by Gasteiger charge is -2.28. The highest BCUT2D eigenvalue weighted by molar-refractivity contribution is 5.78. The van der Waals surface area contributed by atoms with Crippen LogP contribution in [0.15, 0.2) is 36.9 Å². The number of allylic oxidation sites excluding steroid dienone is 1. The second-order valence-electron chi connectivity index (χ2n) is 5.15. The van der Waals surface area contributed by atoms with E-state index >= 15 is 0 Å². The van der Waals surface area contributed by atoms with Crippen molar-refractivity contribution in [3.63, 3.8) is 0 Å². The van der Waals surface area contributed by atoms with Gasteiger partial charge >= 0.3 is 0 Å². The van der Waals surface area contributed by atoms with Gasteiger partial charge in [0.15, 0.2) is 0 Å². The Balaban J connectivity index is 1.82. The summed E-state index contributed by atoms with van der Waals surface area (Å²) >= 11 is 0. The van der Waals surface area contributed by atoms with E-state index in [0.29, 0.717) is 19.6 Å². The van der Waals surface area contributed by atoms with E-state index in [1.807, 2.05) is 35.2 Å². The van der Waals surface area contributed by atoms with Gasteiger partial charge in [0.05, 0.1) is 6.54 Å². The third-order valence-electron chi connectivity index (χ3n) is 3.35. The van der Waals surface area contributed by atoms with Gasteiger partial charge in [-0.2, -0.15) is 0 Å². The number of piperazine rings is 1. The van der Waals surface area contributed by atoms with Crippen LogP contribution in [-0.2, 0) is 11.2 Å². The molecule has 0 aromatic heterocycles. The van der Waals surface area contributed by atoms with Crippen molar-refractivity contribution >= 4 is 5.91 Å². The zero-order chi connectivity index (χ0) is 15.1. The van der Waals surface area contributed by atoms with Crippen LogP contribution in [-0.4, -0.2) is 54.8 Å². The summed E-state index contributed by atoms with van der Waals surface area (Å²) < 4.78 is 5.69. The number of carbonyl (C=O) groups excluding carboxylic acids is 1. The molecule has 2 rings (SSSR count). The minimum absolute atomic E-state index is 0.00527. The molecule has 2 N–H and O–H groups in total. The smallest absolute Gasteiger partial charge is 0.234 e. The summed E-state index contributed by atoms with van der Waals surface area (Å²) in [7, 11) is 0. The first kappa shape index (κ1) is 15.5. The maximum absolute atomic E-state index is 11.3. The van der Waals surface area contributed by atoms with Crippen LogP contribution < -0.4 is 10.1 Å². The number of rotatable bonds is 7. The molecule has 114 valence electrons. The number of para-hydroxylation sites is 1. The summed E-state index contributed by atoms with van der Waals surface area (Å²) in [5, 5.41) is 12.8. The van der Waals surface area contributed by atoms with Gasteiger partial charge in [-0.1, -0.05) is 24.3 Å². The van der Waals surface area contributed by atoms with Crippen LogP contribution in [0.3, 0.4) is 0 Å². The highest BCUT2D eigenvalue weighted by Crippen LogP contribution is 2.19. The molecule has 5 nitrogen and oxygen atoms in total. The lowest BCUT2D eigenvalue weighted by atomic mass is 10.1. The highest BCUT2D eigenvalue weighted by Gasteiger charge is 2.19. The molecule has 21 heavy (non-hydrogen) atoms. The van der Waals surface area contributed by atoms with Crippen LogP contribution in [0.4, 0.5) is 0 Å². The molecule has 0 bridgehead atoms. The Kier molecular flexibility index (Phi) is 5.78. The molecular formula is C16H22N2O3. The quantitative estimate of drug-likeness (QED) is 0.721. The molecule has 0 spiro atoms. The monoisotopic (exact) mass is 290 g/mol. The fourth-order valence-electron chi connectivity index (χ4n) is 2.35. The number of nitrogens with zero attached hydrogens (tertiary/aromatic N) is 1. The van der Waals surface area contributed by atoms with Crippen molar-refractivity contribution in [2.24, 2.45) is 0 Å². The van der Waals surface area contributed by atoms with E-state index in [4.69, 9.17) is 4.74 Å². The Labute approximate surface area is 125 Å². The first-order chi connectivity index (χ1) is 10.2. The van der Waals surface area contributed by atoms with Crippen LogP contribution in [0.2, 0.25) is 0 Å². The van der Waals surface area contributed by atoms with Gasteiger partial charge in [0.2, 0.25) is 5.91 Å². The van der Waals surface area contributed by atoms with Gasteiger partial charge in [-0.3, -0.25) is 9.69 Å². The molecule has 5 heteroatoms. The molecule has 0 saturated carbocycles. The molecule has 0 aliphatic carbocycles. The average Bonchev–Trinajstić information content (AvgIpc) is 2.47. The predicted octanol–water partition coefficient (Wildman–Crippen LogP) is 0.587. The van der Waals surface area contributed by atoms with Crippen LogP contribution in [0.25, 0.3) is 0 Å². The summed E-state index contributed by atoms with van der Waals surface area (Å²) in [5.74, 6) is 0.776. The van der Waals surface area contributed by atoms with Gasteiger partial charge in [0, 0.05) is 19.6 Å². The topological polar surface area (TPSA) is 61.8 Å². The lowest BCUT2D eigenvalue weighted by Crippen LogP contribution is -2.50. The second-order valence-corrected chi connectivity index (χ2v) is 5.15. The van der Waals surface area contributed by atoms with E-state index in [1.165, 1.54) is 0 Å². The molecule has 1 atom stereocenters. The maximum Gasteiger partial charge on any atom is 0.234 e. The van der Waals surface area contributed by atoms with E-state index in [-0.39, 0.29) is 12.5 Å². The van der Waals surface area contributed by atoms with Crippen molar-refractivity contribution in [2.45, 2.75) is 12.5 Å². The van der Waals surface area contributed by atoms with E-state index in [2.05, 4.69) is 11.9 Å². The number of amides is 1. The third kappa shape index (κ3) is 4.88. The SMILES string of the molecule is C=CCc1ccccc1OC[C@H](O)CN1CCNC(=O)C1. The minimum Gasteiger partial charge on any atom is -0.491 e. The summed E-state index contributed by atoms with van der Waals surface area (Å²) in [6, 6.07) is 7.73. The Morgan fingerprint density at radius 2 is 2.29 bits per heavy atom. The number of aliphatic hydroxyl groups excluding tert-OH is 1. The number of nitrogens with one attached hydrogen (secondary N) is 1. The first-order valence-electron chi connectivity index (χ1n) is 7.17. The van der Waals surface area contributed by atoms with Crippen LogP contribution >= 0.6 is 0 Å². The Hall–Kier alpha value is -1.85. The lowest BCUT2D eigenvalue weighted by molar-refractivity contribution is -0.124. The molecular weight excluding hydrogens is 268 g/mol. The van der Waals surface area contributed by atoms with Gasteiger partial charge in [-0.15, -0.1) is 6.58 Å². The normalized spacial score (nSPS) is 17.1. The average molecular weight is 290 g/mol. The number of carbonyl (C=O) groups is 1. The van der Waals surface area contributed by atoms with E-state index in [1.54, 1.807) is 0 Å². The summed E-state index contributed by atoms with van der Waals surface area (Å²) in [6.45, 7) is 6.11. The molecule has 0 radical (unpaired) electrons. The Morgan fingerprint density at radius 3 is 3.05 bits per heavy atom. The van der Waals surface area contributed by atoms with Gasteiger partial charge < -0.3 is 15.2 Å². The minimum atomic E-state index is -0.618. The van der Waals surface area contributed by atoms with Gasteiger partial charge in [-0.25, -0.2) is 0 Å². The largest absolute Gasteiger partial charge is 0.491 e. The molecule has 1 saturated heterocycles.